The van der Waals surface area contributed by atoms with E-state index >= 15 is 0 Å². The highest BCUT2D eigenvalue weighted by Crippen LogP contribution is 2.41. The van der Waals surface area contributed by atoms with Crippen LogP contribution in [0.3, 0.4) is 0 Å². The molecule has 2 amide bonds. The fourth-order valence-corrected chi connectivity index (χ4v) is 4.51. The number of nitrogens with two attached hydrogens (primary N) is 1. The summed E-state index contributed by atoms with van der Waals surface area (Å²) < 4.78 is 6.07. The zero-order valence-electron chi connectivity index (χ0n) is 18.6. The summed E-state index contributed by atoms with van der Waals surface area (Å²) in [6, 6.07) is 10.7. The van der Waals surface area contributed by atoms with Crippen molar-refractivity contribution >= 4 is 55.8 Å². The third-order valence-electron chi connectivity index (χ3n) is 5.43. The molecule has 1 aromatic heterocycles. The molecule has 0 saturated carbocycles. The van der Waals surface area contributed by atoms with E-state index in [1.165, 1.54) is 16.2 Å². The summed E-state index contributed by atoms with van der Waals surface area (Å²) in [4.78, 5) is 44.3. The lowest BCUT2D eigenvalue weighted by Gasteiger charge is -2.34. The van der Waals surface area contributed by atoms with Gasteiger partial charge in [0, 0.05) is 21.1 Å². The molecule has 0 fully saturated rings. The van der Waals surface area contributed by atoms with Gasteiger partial charge in [-0.3, -0.25) is 9.59 Å². The van der Waals surface area contributed by atoms with Crippen LogP contribution in [0.4, 0.5) is 16.5 Å². The van der Waals surface area contributed by atoms with E-state index in [1.807, 2.05) is 25.1 Å². The summed E-state index contributed by atoms with van der Waals surface area (Å²) in [5.41, 5.74) is 9.12. The number of rotatable bonds is 6. The molecule has 10 nitrogen and oxygen atoms in total. The van der Waals surface area contributed by atoms with Gasteiger partial charge in [-0.25, -0.2) is 9.78 Å². The highest BCUT2D eigenvalue weighted by Gasteiger charge is 2.48. The van der Waals surface area contributed by atoms with E-state index in [4.69, 9.17) is 10.5 Å². The summed E-state index contributed by atoms with van der Waals surface area (Å²) in [7, 11) is 4.87. The van der Waals surface area contributed by atoms with Crippen LogP contribution in [0.15, 0.2) is 36.4 Å². The van der Waals surface area contributed by atoms with Crippen LogP contribution in [-0.4, -0.2) is 61.2 Å². The van der Waals surface area contributed by atoms with Gasteiger partial charge in [-0.1, -0.05) is 17.4 Å². The number of carbonyl (C=O) groups excluding carboxylic acids is 3. The molecule has 0 bridgehead atoms. The minimum absolute atomic E-state index is 0.233. The van der Waals surface area contributed by atoms with Crippen molar-refractivity contribution in [2.75, 3.05) is 43.3 Å². The van der Waals surface area contributed by atoms with Crippen LogP contribution in [-0.2, 0) is 14.3 Å². The molecule has 4 N–H and O–H groups in total. The second-order valence-electron chi connectivity index (χ2n) is 7.97. The largest absolute Gasteiger partial charge is 0.452 e. The minimum Gasteiger partial charge on any atom is -0.452 e. The van der Waals surface area contributed by atoms with Crippen LogP contribution in [0.1, 0.15) is 15.9 Å². The molecule has 3 aromatic rings. The number of anilines is 3. The minimum atomic E-state index is -1.49. The molecular weight excluding hydrogens is 444 g/mol. The molecule has 2 heterocycles. The summed E-state index contributed by atoms with van der Waals surface area (Å²) in [5, 5.41) is 6.76. The first-order valence-electron chi connectivity index (χ1n) is 10.1. The normalized spacial score (nSPS) is 16.8. The standard InChI is InChI=1S/C22H24N6O4S/c1-12-5-7-14-17(9-12)33-21(24-14)26-22(20(23)31)25-15-10-13(6-8-16(15)28(22)4)19(30)32-11-18(29)27(2)3/h5-10,25H,11H2,1-4H3,(H2,23,31)(H,24,26). The third kappa shape index (κ3) is 4.02. The predicted octanol–water partition coefficient (Wildman–Crippen LogP) is 1.96. The maximum atomic E-state index is 12.6. The smallest absolute Gasteiger partial charge is 0.338 e. The van der Waals surface area contributed by atoms with Crippen LogP contribution in [0, 0.1) is 6.92 Å². The van der Waals surface area contributed by atoms with Crippen LogP contribution >= 0.6 is 11.3 Å². The van der Waals surface area contributed by atoms with Gasteiger partial charge in [-0.15, -0.1) is 0 Å². The number of hydrogen-bond donors (Lipinski definition) is 3. The lowest BCUT2D eigenvalue weighted by molar-refractivity contribution is -0.132. The molecular formula is C22H24N6O4S. The van der Waals surface area contributed by atoms with Crippen LogP contribution in [0.2, 0.25) is 0 Å². The first kappa shape index (κ1) is 22.3. The Balaban J connectivity index is 1.60. The van der Waals surface area contributed by atoms with Crippen molar-refractivity contribution in [2.24, 2.45) is 5.73 Å². The van der Waals surface area contributed by atoms with Gasteiger partial charge in [0.2, 0.25) is 0 Å². The monoisotopic (exact) mass is 468 g/mol. The Morgan fingerprint density at radius 3 is 2.70 bits per heavy atom. The molecule has 2 aromatic carbocycles. The highest BCUT2D eigenvalue weighted by molar-refractivity contribution is 7.22. The lowest BCUT2D eigenvalue weighted by Crippen LogP contribution is -2.64. The van der Waals surface area contributed by atoms with Crippen LogP contribution < -0.4 is 21.3 Å². The Hall–Kier alpha value is -3.86. The van der Waals surface area contributed by atoms with E-state index < -0.39 is 17.7 Å². The van der Waals surface area contributed by atoms with Gasteiger partial charge in [0.15, 0.2) is 11.7 Å². The number of primary amides is 1. The first-order chi connectivity index (χ1) is 15.6. The van der Waals surface area contributed by atoms with Crippen LogP contribution in [0.25, 0.3) is 10.2 Å². The number of esters is 1. The third-order valence-corrected chi connectivity index (χ3v) is 6.36. The molecule has 33 heavy (non-hydrogen) atoms. The molecule has 11 heteroatoms. The predicted molar refractivity (Wildman–Crippen MR) is 127 cm³/mol. The molecule has 1 unspecified atom stereocenters. The molecule has 4 rings (SSSR count). The number of fused-ring (bicyclic) bond motifs is 2. The van der Waals surface area contributed by atoms with Crippen molar-refractivity contribution in [1.29, 1.82) is 0 Å². The Labute approximate surface area is 194 Å². The SMILES string of the molecule is Cc1ccc2nc(NC3(C(N)=O)Nc4cc(C(=O)OCC(=O)N(C)C)ccc4N3C)sc2c1. The van der Waals surface area contributed by atoms with Crippen molar-refractivity contribution < 1.29 is 19.1 Å². The first-order valence-corrected chi connectivity index (χ1v) is 10.9. The Morgan fingerprint density at radius 2 is 2.00 bits per heavy atom. The maximum absolute atomic E-state index is 12.6. The average molecular weight is 469 g/mol. The molecule has 172 valence electrons. The van der Waals surface area contributed by atoms with E-state index in [9.17, 15) is 14.4 Å². The lowest BCUT2D eigenvalue weighted by atomic mass is 10.2. The Morgan fingerprint density at radius 1 is 1.24 bits per heavy atom. The van der Waals surface area contributed by atoms with Gasteiger partial charge in [0.05, 0.1) is 27.2 Å². The second-order valence-corrected chi connectivity index (χ2v) is 9.00. The maximum Gasteiger partial charge on any atom is 0.338 e. The van der Waals surface area contributed by atoms with Crippen molar-refractivity contribution in [2.45, 2.75) is 12.7 Å². The Bertz CT molecular complexity index is 1270. The fraction of sp³-hybridized carbons (Fsp3) is 0.273. The number of likely N-dealkylation sites (N-methyl/N-ethyl adjacent to an activating group) is 2. The number of hydrogen-bond acceptors (Lipinski definition) is 9. The summed E-state index contributed by atoms with van der Waals surface area (Å²) in [6.45, 7) is 1.64. The van der Waals surface area contributed by atoms with Gasteiger partial charge < -0.3 is 30.9 Å². The van der Waals surface area contributed by atoms with E-state index in [0.717, 1.165) is 15.8 Å². The zero-order chi connectivity index (χ0) is 23.9. The quantitative estimate of drug-likeness (QED) is 0.468. The number of aryl methyl sites for hydroxylation is 1. The summed E-state index contributed by atoms with van der Waals surface area (Å²) in [6.07, 6.45) is 0. The molecule has 0 spiro atoms. The van der Waals surface area contributed by atoms with Gasteiger partial charge in [0.1, 0.15) is 0 Å². The van der Waals surface area contributed by atoms with Crippen LogP contribution in [0.5, 0.6) is 0 Å². The number of nitrogens with one attached hydrogen (secondary N) is 2. The van der Waals surface area contributed by atoms with Gasteiger partial charge in [0.25, 0.3) is 17.6 Å². The van der Waals surface area contributed by atoms with Crippen molar-refractivity contribution in [3.63, 3.8) is 0 Å². The molecule has 0 saturated heterocycles. The number of carbonyl (C=O) groups is 3. The summed E-state index contributed by atoms with van der Waals surface area (Å²) in [5.74, 6) is -3.14. The van der Waals surface area contributed by atoms with Gasteiger partial charge >= 0.3 is 5.97 Å². The molecule has 0 radical (unpaired) electrons. The molecule has 1 aliphatic heterocycles. The number of benzene rings is 2. The topological polar surface area (TPSA) is 130 Å². The van der Waals surface area contributed by atoms with E-state index in [2.05, 4.69) is 15.6 Å². The number of nitrogens with zero attached hydrogens (tertiary/aromatic N) is 3. The van der Waals surface area contributed by atoms with E-state index in [-0.39, 0.29) is 18.1 Å². The summed E-state index contributed by atoms with van der Waals surface area (Å²) >= 11 is 1.41. The fourth-order valence-electron chi connectivity index (χ4n) is 3.50. The highest BCUT2D eigenvalue weighted by atomic mass is 32.1. The number of amides is 2. The van der Waals surface area contributed by atoms with Gasteiger partial charge in [-0.2, -0.15) is 0 Å². The van der Waals surface area contributed by atoms with Gasteiger partial charge in [-0.05, 0) is 42.8 Å². The number of aromatic nitrogens is 1. The number of ether oxygens (including phenoxy) is 1. The number of thiazole rings is 1. The Kier molecular flexibility index (Phi) is 5.58. The van der Waals surface area contributed by atoms with Crippen molar-refractivity contribution in [3.8, 4) is 0 Å². The molecule has 1 atom stereocenters. The molecule has 0 aliphatic carbocycles. The molecule has 1 aliphatic rings. The zero-order valence-corrected chi connectivity index (χ0v) is 19.4. The van der Waals surface area contributed by atoms with Crippen molar-refractivity contribution in [1.82, 2.24) is 9.88 Å². The van der Waals surface area contributed by atoms with Crippen molar-refractivity contribution in [3.05, 3.63) is 47.5 Å². The van der Waals surface area contributed by atoms with E-state index in [1.54, 1.807) is 44.2 Å². The second kappa shape index (κ2) is 8.24. The average Bonchev–Trinajstić information content (AvgIpc) is 3.29. The van der Waals surface area contributed by atoms with E-state index in [0.29, 0.717) is 16.5 Å².